The second kappa shape index (κ2) is 6.18. The Bertz CT molecular complexity index is 520. The zero-order chi connectivity index (χ0) is 15.3. The fourth-order valence-electron chi connectivity index (χ4n) is 1.59. The number of carbonyl (C=O) groups is 3. The van der Waals surface area contributed by atoms with Crippen molar-refractivity contribution in [1.82, 2.24) is 0 Å². The van der Waals surface area contributed by atoms with E-state index in [-0.39, 0.29) is 18.7 Å². The number of rotatable bonds is 6. The fraction of sp³-hybridized carbons (Fsp3) is 0.357. The highest BCUT2D eigenvalue weighted by Crippen LogP contribution is 2.21. The summed E-state index contributed by atoms with van der Waals surface area (Å²) in [5.41, 5.74) is 5.26. The molecule has 0 aliphatic rings. The average Bonchev–Trinajstić information content (AvgIpc) is 2.30. The summed E-state index contributed by atoms with van der Waals surface area (Å²) in [5, 5.41) is 11.6. The predicted molar refractivity (Wildman–Crippen MR) is 74.0 cm³/mol. The SMILES string of the molecule is CC(C)(CC(=O)Nc1ccc(CC(N)=O)cc1)C(=O)O. The van der Waals surface area contributed by atoms with Crippen LogP contribution in [0.5, 0.6) is 0 Å². The minimum Gasteiger partial charge on any atom is -0.481 e. The first kappa shape index (κ1) is 15.7. The Morgan fingerprint density at radius 2 is 1.75 bits per heavy atom. The first-order valence-electron chi connectivity index (χ1n) is 6.11. The molecule has 108 valence electrons. The fourth-order valence-corrected chi connectivity index (χ4v) is 1.59. The molecule has 0 radical (unpaired) electrons. The van der Waals surface area contributed by atoms with Crippen molar-refractivity contribution in [2.24, 2.45) is 11.1 Å². The van der Waals surface area contributed by atoms with Gasteiger partial charge in [-0.25, -0.2) is 0 Å². The zero-order valence-electron chi connectivity index (χ0n) is 11.5. The van der Waals surface area contributed by atoms with Crippen molar-refractivity contribution in [2.75, 3.05) is 5.32 Å². The smallest absolute Gasteiger partial charge is 0.309 e. The van der Waals surface area contributed by atoms with E-state index in [1.165, 1.54) is 13.8 Å². The minimum atomic E-state index is -1.12. The van der Waals surface area contributed by atoms with Gasteiger partial charge in [0.15, 0.2) is 0 Å². The molecule has 1 rings (SSSR count). The molecule has 1 aromatic rings. The van der Waals surface area contributed by atoms with E-state index in [0.29, 0.717) is 5.69 Å². The van der Waals surface area contributed by atoms with Gasteiger partial charge in [-0.2, -0.15) is 0 Å². The summed E-state index contributed by atoms with van der Waals surface area (Å²) in [7, 11) is 0. The van der Waals surface area contributed by atoms with Crippen LogP contribution in [-0.4, -0.2) is 22.9 Å². The molecule has 4 N–H and O–H groups in total. The van der Waals surface area contributed by atoms with Crippen LogP contribution < -0.4 is 11.1 Å². The molecule has 0 fully saturated rings. The Hall–Kier alpha value is -2.37. The molecule has 0 bridgehead atoms. The van der Waals surface area contributed by atoms with Crippen LogP contribution in [0.4, 0.5) is 5.69 Å². The van der Waals surface area contributed by atoms with Crippen molar-refractivity contribution < 1.29 is 19.5 Å². The van der Waals surface area contributed by atoms with Gasteiger partial charge in [-0.3, -0.25) is 14.4 Å². The lowest BCUT2D eigenvalue weighted by atomic mass is 9.89. The number of carboxylic acids is 1. The maximum atomic E-state index is 11.7. The monoisotopic (exact) mass is 278 g/mol. The number of hydrogen-bond acceptors (Lipinski definition) is 3. The molecule has 0 aromatic heterocycles. The molecule has 0 unspecified atom stereocenters. The van der Waals surface area contributed by atoms with Gasteiger partial charge in [-0.1, -0.05) is 12.1 Å². The normalized spacial score (nSPS) is 10.9. The third kappa shape index (κ3) is 4.72. The van der Waals surface area contributed by atoms with Crippen LogP contribution in [-0.2, 0) is 20.8 Å². The molecule has 0 spiro atoms. The summed E-state index contributed by atoms with van der Waals surface area (Å²) in [5.74, 6) is -1.82. The first-order valence-corrected chi connectivity index (χ1v) is 6.11. The van der Waals surface area contributed by atoms with Crippen LogP contribution in [0, 0.1) is 5.41 Å². The van der Waals surface area contributed by atoms with Gasteiger partial charge in [-0.15, -0.1) is 0 Å². The number of carbonyl (C=O) groups excluding carboxylic acids is 2. The number of benzene rings is 1. The average molecular weight is 278 g/mol. The second-order valence-corrected chi connectivity index (χ2v) is 5.25. The molecule has 0 atom stereocenters. The molecule has 20 heavy (non-hydrogen) atoms. The zero-order valence-corrected chi connectivity index (χ0v) is 11.5. The van der Waals surface area contributed by atoms with Crippen molar-refractivity contribution in [3.8, 4) is 0 Å². The lowest BCUT2D eigenvalue weighted by Crippen LogP contribution is -2.29. The number of hydrogen-bond donors (Lipinski definition) is 3. The Morgan fingerprint density at radius 1 is 1.20 bits per heavy atom. The number of nitrogens with two attached hydrogens (primary N) is 1. The molecular weight excluding hydrogens is 260 g/mol. The lowest BCUT2D eigenvalue weighted by Gasteiger charge is -2.18. The second-order valence-electron chi connectivity index (χ2n) is 5.25. The lowest BCUT2D eigenvalue weighted by molar-refractivity contribution is -0.149. The van der Waals surface area contributed by atoms with E-state index in [0.717, 1.165) is 5.56 Å². The van der Waals surface area contributed by atoms with Gasteiger partial charge < -0.3 is 16.2 Å². The maximum Gasteiger partial charge on any atom is 0.309 e. The highest BCUT2D eigenvalue weighted by molar-refractivity contribution is 5.94. The Labute approximate surface area is 117 Å². The molecule has 1 aromatic carbocycles. The van der Waals surface area contributed by atoms with Crippen molar-refractivity contribution in [2.45, 2.75) is 26.7 Å². The molecule has 0 aliphatic heterocycles. The van der Waals surface area contributed by atoms with E-state index in [9.17, 15) is 14.4 Å². The summed E-state index contributed by atoms with van der Waals surface area (Å²) in [6.45, 7) is 2.98. The van der Waals surface area contributed by atoms with Crippen LogP contribution in [0.1, 0.15) is 25.8 Å². The maximum absolute atomic E-state index is 11.7. The van der Waals surface area contributed by atoms with E-state index >= 15 is 0 Å². The van der Waals surface area contributed by atoms with E-state index in [1.807, 2.05) is 0 Å². The van der Waals surface area contributed by atoms with Crippen molar-refractivity contribution in [3.05, 3.63) is 29.8 Å². The van der Waals surface area contributed by atoms with Gasteiger partial charge in [0.1, 0.15) is 0 Å². The standard InChI is InChI=1S/C14H18N2O4/c1-14(2,13(19)20)8-12(18)16-10-5-3-9(4-6-10)7-11(15)17/h3-6H,7-8H2,1-2H3,(H2,15,17)(H,16,18)(H,19,20). The van der Waals surface area contributed by atoms with E-state index in [4.69, 9.17) is 10.8 Å². The van der Waals surface area contributed by atoms with Crippen LogP contribution in [0.2, 0.25) is 0 Å². The molecule has 6 heteroatoms. The topological polar surface area (TPSA) is 109 Å². The third-order valence-corrected chi connectivity index (χ3v) is 2.80. The number of anilines is 1. The summed E-state index contributed by atoms with van der Waals surface area (Å²) < 4.78 is 0. The quantitative estimate of drug-likeness (QED) is 0.725. The number of amides is 2. The molecular formula is C14H18N2O4. The molecule has 0 heterocycles. The summed E-state index contributed by atoms with van der Waals surface area (Å²) in [4.78, 5) is 33.4. The van der Waals surface area contributed by atoms with Crippen molar-refractivity contribution in [3.63, 3.8) is 0 Å². The highest BCUT2D eigenvalue weighted by atomic mass is 16.4. The first-order chi connectivity index (χ1) is 9.20. The van der Waals surface area contributed by atoms with Crippen LogP contribution in [0.3, 0.4) is 0 Å². The van der Waals surface area contributed by atoms with E-state index in [1.54, 1.807) is 24.3 Å². The Kier molecular flexibility index (Phi) is 4.85. The van der Waals surface area contributed by atoms with Crippen molar-refractivity contribution in [1.29, 1.82) is 0 Å². The highest BCUT2D eigenvalue weighted by Gasteiger charge is 2.30. The van der Waals surface area contributed by atoms with E-state index < -0.39 is 17.3 Å². The van der Waals surface area contributed by atoms with Crippen LogP contribution in [0.15, 0.2) is 24.3 Å². The van der Waals surface area contributed by atoms with Gasteiger partial charge in [0.2, 0.25) is 11.8 Å². The Balaban J connectivity index is 2.63. The number of carboxylic acid groups (broad SMARTS) is 1. The summed E-state index contributed by atoms with van der Waals surface area (Å²) in [6, 6.07) is 6.65. The van der Waals surface area contributed by atoms with Gasteiger partial charge in [0, 0.05) is 12.1 Å². The molecule has 6 nitrogen and oxygen atoms in total. The Morgan fingerprint density at radius 3 is 2.20 bits per heavy atom. The molecule has 0 aliphatic carbocycles. The number of nitrogens with one attached hydrogen (secondary N) is 1. The minimum absolute atomic E-state index is 0.120. The molecule has 0 saturated heterocycles. The third-order valence-electron chi connectivity index (χ3n) is 2.80. The van der Waals surface area contributed by atoms with Crippen LogP contribution in [0.25, 0.3) is 0 Å². The molecule has 2 amide bonds. The van der Waals surface area contributed by atoms with Gasteiger partial charge >= 0.3 is 5.97 Å². The largest absolute Gasteiger partial charge is 0.481 e. The van der Waals surface area contributed by atoms with Gasteiger partial charge in [0.05, 0.1) is 11.8 Å². The number of primary amides is 1. The van der Waals surface area contributed by atoms with Crippen molar-refractivity contribution >= 4 is 23.5 Å². The summed E-state index contributed by atoms with van der Waals surface area (Å²) >= 11 is 0. The van der Waals surface area contributed by atoms with Crippen LogP contribution >= 0.6 is 0 Å². The number of aliphatic carboxylic acids is 1. The molecule has 0 saturated carbocycles. The van der Waals surface area contributed by atoms with Gasteiger partial charge in [0.25, 0.3) is 0 Å². The van der Waals surface area contributed by atoms with Gasteiger partial charge in [-0.05, 0) is 31.5 Å². The van der Waals surface area contributed by atoms with E-state index in [2.05, 4.69) is 5.32 Å². The summed E-state index contributed by atoms with van der Waals surface area (Å²) in [6.07, 6.45) is 0.0195. The predicted octanol–water partition coefficient (Wildman–Crippen LogP) is 1.15.